The Morgan fingerprint density at radius 1 is 1.23 bits per heavy atom. The topological polar surface area (TPSA) is 72.5 Å². The highest BCUT2D eigenvalue weighted by molar-refractivity contribution is 14.0. The molecule has 2 fully saturated rings. The SMILES string of the molecule is Cc1[nH]c2ccccc2c1CCNC(=NCC(=O)N(C)C)NC1CC2CCC1C2.I. The van der Waals surface area contributed by atoms with Gasteiger partial charge in [0.1, 0.15) is 6.54 Å². The van der Waals surface area contributed by atoms with Gasteiger partial charge in [-0.3, -0.25) is 4.79 Å². The molecule has 6 nitrogen and oxygen atoms in total. The van der Waals surface area contributed by atoms with Gasteiger partial charge in [-0.2, -0.15) is 0 Å². The lowest BCUT2D eigenvalue weighted by atomic mass is 9.95. The van der Waals surface area contributed by atoms with E-state index in [2.05, 4.69) is 51.8 Å². The third-order valence-electron chi connectivity index (χ3n) is 6.63. The average molecular weight is 523 g/mol. The maximum Gasteiger partial charge on any atom is 0.243 e. The second kappa shape index (κ2) is 10.0. The van der Waals surface area contributed by atoms with Crippen molar-refractivity contribution in [2.75, 3.05) is 27.2 Å². The quantitative estimate of drug-likeness (QED) is 0.309. The van der Waals surface area contributed by atoms with Crippen LogP contribution in [0.2, 0.25) is 0 Å². The number of likely N-dealkylation sites (N-methyl/N-ethyl adjacent to an activating group) is 1. The number of fused-ring (bicyclic) bond motifs is 3. The molecule has 2 aliphatic rings. The maximum absolute atomic E-state index is 12.0. The second-order valence-corrected chi connectivity index (χ2v) is 8.83. The van der Waals surface area contributed by atoms with E-state index in [1.807, 2.05) is 0 Å². The summed E-state index contributed by atoms with van der Waals surface area (Å²) in [6.45, 7) is 3.09. The van der Waals surface area contributed by atoms with Crippen molar-refractivity contribution in [2.45, 2.75) is 45.1 Å². The molecule has 4 rings (SSSR count). The zero-order valence-electron chi connectivity index (χ0n) is 18.2. The first-order valence-electron chi connectivity index (χ1n) is 10.8. The normalized spacial score (nSPS) is 22.8. The van der Waals surface area contributed by atoms with Gasteiger partial charge in [-0.25, -0.2) is 4.99 Å². The van der Waals surface area contributed by atoms with E-state index in [0.717, 1.165) is 30.8 Å². The number of aryl methyl sites for hydroxylation is 1. The van der Waals surface area contributed by atoms with Gasteiger partial charge in [-0.15, -0.1) is 24.0 Å². The van der Waals surface area contributed by atoms with Gasteiger partial charge in [0, 0.05) is 43.3 Å². The maximum atomic E-state index is 12.0. The molecular formula is C23H34IN5O. The largest absolute Gasteiger partial charge is 0.358 e. The number of aliphatic imine (C=N–C) groups is 1. The van der Waals surface area contributed by atoms with Gasteiger partial charge in [0.05, 0.1) is 0 Å². The number of nitrogens with zero attached hydrogens (tertiary/aromatic N) is 2. The smallest absolute Gasteiger partial charge is 0.243 e. The lowest BCUT2D eigenvalue weighted by Gasteiger charge is -2.25. The standard InChI is InChI=1S/C23H33N5O.HI/c1-15-18(19-6-4-5-7-20(19)26-15)10-11-24-23(25-14-22(29)28(2)3)27-21-13-16-8-9-17(21)12-16;/h4-7,16-17,21,26H,8-14H2,1-3H3,(H2,24,25,27);1H. The lowest BCUT2D eigenvalue weighted by molar-refractivity contribution is -0.127. The van der Waals surface area contributed by atoms with Crippen molar-refractivity contribution in [1.82, 2.24) is 20.5 Å². The Bertz CT molecular complexity index is 906. The van der Waals surface area contributed by atoms with Crippen molar-refractivity contribution >= 4 is 46.7 Å². The molecule has 30 heavy (non-hydrogen) atoms. The zero-order valence-corrected chi connectivity index (χ0v) is 20.5. The first-order valence-corrected chi connectivity index (χ1v) is 10.8. The van der Waals surface area contributed by atoms with E-state index in [1.165, 1.54) is 47.8 Å². The van der Waals surface area contributed by atoms with Crippen LogP contribution in [-0.2, 0) is 11.2 Å². The van der Waals surface area contributed by atoms with Gasteiger partial charge in [0.15, 0.2) is 5.96 Å². The van der Waals surface area contributed by atoms with Crippen molar-refractivity contribution in [1.29, 1.82) is 0 Å². The van der Waals surface area contributed by atoms with Crippen LogP contribution in [0.25, 0.3) is 10.9 Å². The Hall–Kier alpha value is -1.77. The van der Waals surface area contributed by atoms with Crippen molar-refractivity contribution in [3.8, 4) is 0 Å². The molecule has 3 N–H and O–H groups in total. The summed E-state index contributed by atoms with van der Waals surface area (Å²) in [7, 11) is 3.54. The number of para-hydroxylation sites is 1. The Kier molecular flexibility index (Phi) is 7.65. The molecule has 0 saturated heterocycles. The van der Waals surface area contributed by atoms with Crippen molar-refractivity contribution in [3.05, 3.63) is 35.5 Å². The second-order valence-electron chi connectivity index (χ2n) is 8.83. The molecule has 2 aliphatic carbocycles. The third-order valence-corrected chi connectivity index (χ3v) is 6.63. The van der Waals surface area contributed by atoms with E-state index in [9.17, 15) is 4.79 Å². The number of aromatic nitrogens is 1. The average Bonchev–Trinajstić information content (AvgIpc) is 3.40. The molecule has 7 heteroatoms. The number of benzene rings is 1. The molecule has 3 atom stereocenters. The number of nitrogens with one attached hydrogen (secondary N) is 3. The Balaban J connectivity index is 0.00000256. The summed E-state index contributed by atoms with van der Waals surface area (Å²) in [4.78, 5) is 21.7. The van der Waals surface area contributed by atoms with E-state index >= 15 is 0 Å². The van der Waals surface area contributed by atoms with Crippen molar-refractivity contribution in [2.24, 2.45) is 16.8 Å². The van der Waals surface area contributed by atoms with Crippen LogP contribution in [0.1, 0.15) is 36.9 Å². The van der Waals surface area contributed by atoms with Crippen LogP contribution in [0.4, 0.5) is 0 Å². The van der Waals surface area contributed by atoms with Crippen LogP contribution in [-0.4, -0.2) is 55.0 Å². The molecule has 0 aliphatic heterocycles. The first-order chi connectivity index (χ1) is 14.0. The predicted octanol–water partition coefficient (Wildman–Crippen LogP) is 3.45. The number of amides is 1. The molecule has 1 aromatic heterocycles. The molecular weight excluding hydrogens is 489 g/mol. The fourth-order valence-corrected chi connectivity index (χ4v) is 5.00. The van der Waals surface area contributed by atoms with Crippen LogP contribution in [0, 0.1) is 18.8 Å². The monoisotopic (exact) mass is 523 g/mol. The first kappa shape index (κ1) is 22.9. The number of rotatable bonds is 6. The molecule has 0 radical (unpaired) electrons. The van der Waals surface area contributed by atoms with E-state index in [0.29, 0.717) is 6.04 Å². The van der Waals surface area contributed by atoms with Crippen LogP contribution >= 0.6 is 24.0 Å². The third kappa shape index (κ3) is 5.10. The van der Waals surface area contributed by atoms with Gasteiger partial charge >= 0.3 is 0 Å². The number of hydrogen-bond donors (Lipinski definition) is 3. The fourth-order valence-electron chi connectivity index (χ4n) is 5.00. The molecule has 3 unspecified atom stereocenters. The highest BCUT2D eigenvalue weighted by Crippen LogP contribution is 2.44. The molecule has 164 valence electrons. The zero-order chi connectivity index (χ0) is 20.4. The summed E-state index contributed by atoms with van der Waals surface area (Å²) in [5.74, 6) is 2.42. The highest BCUT2D eigenvalue weighted by Gasteiger charge is 2.39. The summed E-state index contributed by atoms with van der Waals surface area (Å²) in [6.07, 6.45) is 6.18. The van der Waals surface area contributed by atoms with Crippen LogP contribution in [0.3, 0.4) is 0 Å². The number of carbonyl (C=O) groups excluding carboxylic acids is 1. The summed E-state index contributed by atoms with van der Waals surface area (Å²) in [5, 5.41) is 8.40. The number of halogens is 1. The number of carbonyl (C=O) groups is 1. The molecule has 1 heterocycles. The molecule has 1 amide bonds. The summed E-state index contributed by atoms with van der Waals surface area (Å²) in [5.41, 5.74) is 3.75. The Morgan fingerprint density at radius 2 is 2.03 bits per heavy atom. The molecule has 2 saturated carbocycles. The molecule has 2 aromatic rings. The van der Waals surface area contributed by atoms with Crippen molar-refractivity contribution in [3.63, 3.8) is 0 Å². The van der Waals surface area contributed by atoms with Gasteiger partial charge in [-0.1, -0.05) is 24.6 Å². The number of hydrogen-bond acceptors (Lipinski definition) is 2. The Labute approximate surface area is 196 Å². The number of aromatic amines is 1. The predicted molar refractivity (Wildman–Crippen MR) is 134 cm³/mol. The van der Waals surface area contributed by atoms with Gasteiger partial charge in [0.25, 0.3) is 0 Å². The summed E-state index contributed by atoms with van der Waals surface area (Å²) in [6, 6.07) is 8.93. The lowest BCUT2D eigenvalue weighted by Crippen LogP contribution is -2.46. The molecule has 0 spiro atoms. The molecule has 1 aromatic carbocycles. The minimum Gasteiger partial charge on any atom is -0.358 e. The van der Waals surface area contributed by atoms with E-state index in [-0.39, 0.29) is 36.4 Å². The van der Waals surface area contributed by atoms with Gasteiger partial charge in [0.2, 0.25) is 5.91 Å². The molecule has 2 bridgehead atoms. The van der Waals surface area contributed by atoms with Crippen LogP contribution < -0.4 is 10.6 Å². The van der Waals surface area contributed by atoms with Gasteiger partial charge in [-0.05, 0) is 56.1 Å². The van der Waals surface area contributed by atoms with E-state index in [1.54, 1.807) is 19.0 Å². The van der Waals surface area contributed by atoms with Gasteiger partial charge < -0.3 is 20.5 Å². The highest BCUT2D eigenvalue weighted by atomic mass is 127. The minimum atomic E-state index is 0. The summed E-state index contributed by atoms with van der Waals surface area (Å²) < 4.78 is 0. The fraction of sp³-hybridized carbons (Fsp3) is 0.565. The van der Waals surface area contributed by atoms with E-state index in [4.69, 9.17) is 0 Å². The number of H-pyrrole nitrogens is 1. The number of guanidine groups is 1. The minimum absolute atomic E-state index is 0. The van der Waals surface area contributed by atoms with Crippen LogP contribution in [0.5, 0.6) is 0 Å². The van der Waals surface area contributed by atoms with E-state index < -0.39 is 0 Å². The Morgan fingerprint density at radius 3 is 2.73 bits per heavy atom. The van der Waals surface area contributed by atoms with Crippen LogP contribution in [0.15, 0.2) is 29.3 Å². The summed E-state index contributed by atoms with van der Waals surface area (Å²) >= 11 is 0. The van der Waals surface area contributed by atoms with Crippen molar-refractivity contribution < 1.29 is 4.79 Å².